The van der Waals surface area contributed by atoms with Crippen molar-refractivity contribution in [1.29, 1.82) is 0 Å². The van der Waals surface area contributed by atoms with Crippen LogP contribution in [0.1, 0.15) is 12.6 Å². The van der Waals surface area contributed by atoms with E-state index in [1.807, 2.05) is 6.92 Å². The van der Waals surface area contributed by atoms with Crippen LogP contribution in [0, 0.1) is 6.92 Å². The minimum absolute atomic E-state index is 0.161. The van der Waals surface area contributed by atoms with E-state index < -0.39 is 10.0 Å². The second-order valence-corrected chi connectivity index (χ2v) is 6.08. The predicted octanol–water partition coefficient (Wildman–Crippen LogP) is 2.67. The van der Waals surface area contributed by atoms with Crippen LogP contribution in [0.2, 0.25) is 5.02 Å². The van der Waals surface area contributed by atoms with Gasteiger partial charge in [-0.15, -0.1) is 0 Å². The summed E-state index contributed by atoms with van der Waals surface area (Å²) in [4.78, 5) is 0.161. The molecular weight excluding hydrogens is 286 g/mol. The van der Waals surface area contributed by atoms with Gasteiger partial charge in [-0.1, -0.05) is 23.7 Å². The molecule has 0 bridgehead atoms. The van der Waals surface area contributed by atoms with Gasteiger partial charge in [0, 0.05) is 12.7 Å². The average molecular weight is 300 g/mol. The molecule has 5 nitrogen and oxygen atoms in total. The molecule has 1 aromatic carbocycles. The Kier molecular flexibility index (Phi) is 3.82. The quantitative estimate of drug-likeness (QED) is 0.944. The molecule has 102 valence electrons. The van der Waals surface area contributed by atoms with Gasteiger partial charge in [-0.2, -0.15) is 5.10 Å². The number of rotatable bonds is 4. The summed E-state index contributed by atoms with van der Waals surface area (Å²) in [7, 11) is -3.67. The zero-order valence-corrected chi connectivity index (χ0v) is 12.2. The first-order valence-corrected chi connectivity index (χ1v) is 7.61. The van der Waals surface area contributed by atoms with Crippen LogP contribution in [0.15, 0.2) is 35.4 Å². The van der Waals surface area contributed by atoms with E-state index in [2.05, 4.69) is 9.82 Å². The molecule has 0 spiro atoms. The van der Waals surface area contributed by atoms with Crippen LogP contribution in [0.25, 0.3) is 0 Å². The second-order valence-electron chi connectivity index (χ2n) is 4.02. The number of sulfonamides is 1. The van der Waals surface area contributed by atoms with E-state index in [0.717, 1.165) is 0 Å². The highest BCUT2D eigenvalue weighted by atomic mass is 35.5. The summed E-state index contributed by atoms with van der Waals surface area (Å²) in [6.07, 6.45) is 1.51. The maximum absolute atomic E-state index is 12.3. The number of aromatic nitrogens is 2. The zero-order chi connectivity index (χ0) is 14.0. The maximum atomic E-state index is 12.3. The Morgan fingerprint density at radius 2 is 2.05 bits per heavy atom. The molecule has 0 fully saturated rings. The fourth-order valence-corrected chi connectivity index (χ4v) is 3.18. The Morgan fingerprint density at radius 3 is 2.63 bits per heavy atom. The first kappa shape index (κ1) is 13.9. The van der Waals surface area contributed by atoms with Crippen molar-refractivity contribution < 1.29 is 8.42 Å². The highest BCUT2D eigenvalue weighted by Gasteiger charge is 2.21. The summed E-state index contributed by atoms with van der Waals surface area (Å²) in [6, 6.07) is 6.69. The second kappa shape index (κ2) is 5.22. The molecule has 1 N–H and O–H groups in total. The minimum atomic E-state index is -3.67. The number of benzene rings is 1. The molecule has 0 atom stereocenters. The lowest BCUT2D eigenvalue weighted by Crippen LogP contribution is -2.13. The number of aryl methyl sites for hydroxylation is 2. The molecule has 0 aliphatic carbocycles. The summed E-state index contributed by atoms with van der Waals surface area (Å²) in [5, 5.41) is 4.48. The van der Waals surface area contributed by atoms with Gasteiger partial charge >= 0.3 is 0 Å². The molecule has 7 heteroatoms. The van der Waals surface area contributed by atoms with Crippen LogP contribution in [0.3, 0.4) is 0 Å². The van der Waals surface area contributed by atoms with Crippen molar-refractivity contribution in [3.63, 3.8) is 0 Å². The van der Waals surface area contributed by atoms with Crippen molar-refractivity contribution in [3.8, 4) is 0 Å². The third-order valence-electron chi connectivity index (χ3n) is 2.63. The Morgan fingerprint density at radius 1 is 1.37 bits per heavy atom. The van der Waals surface area contributed by atoms with E-state index in [1.165, 1.54) is 6.20 Å². The van der Waals surface area contributed by atoms with Crippen molar-refractivity contribution in [2.24, 2.45) is 0 Å². The first-order chi connectivity index (χ1) is 8.94. The van der Waals surface area contributed by atoms with Gasteiger partial charge in [-0.05, 0) is 26.0 Å². The van der Waals surface area contributed by atoms with Gasteiger partial charge in [0.15, 0.2) is 0 Å². The number of para-hydroxylation sites is 1. The predicted molar refractivity (Wildman–Crippen MR) is 74.9 cm³/mol. The molecule has 2 aromatic rings. The van der Waals surface area contributed by atoms with Gasteiger partial charge in [-0.25, -0.2) is 8.42 Å². The van der Waals surface area contributed by atoms with Crippen molar-refractivity contribution in [3.05, 3.63) is 41.2 Å². The van der Waals surface area contributed by atoms with Gasteiger partial charge in [0.05, 0.1) is 16.4 Å². The lowest BCUT2D eigenvalue weighted by atomic mass is 10.3. The van der Waals surface area contributed by atoms with Crippen LogP contribution < -0.4 is 4.72 Å². The largest absolute Gasteiger partial charge is 0.278 e. The van der Waals surface area contributed by atoms with E-state index in [4.69, 9.17) is 11.6 Å². The Bertz CT molecular complexity index is 695. The van der Waals surface area contributed by atoms with Gasteiger partial charge < -0.3 is 0 Å². The zero-order valence-electron chi connectivity index (χ0n) is 10.6. The van der Waals surface area contributed by atoms with Gasteiger partial charge in [0.1, 0.15) is 4.90 Å². The fraction of sp³-hybridized carbons (Fsp3) is 0.250. The Hall–Kier alpha value is -1.53. The highest BCUT2D eigenvalue weighted by molar-refractivity contribution is 7.92. The maximum Gasteiger partial charge on any atom is 0.265 e. The Balaban J connectivity index is 2.38. The normalized spacial score (nSPS) is 11.5. The van der Waals surface area contributed by atoms with E-state index in [9.17, 15) is 8.42 Å². The standard InChI is InChI=1S/C12H14ClN3O2S/c1-3-16-8-12(9(2)14-16)19(17,18)15-11-7-5-4-6-10(11)13/h4-8,15H,3H2,1-2H3. The van der Waals surface area contributed by atoms with E-state index >= 15 is 0 Å². The molecule has 0 saturated carbocycles. The molecule has 0 aliphatic rings. The molecule has 0 radical (unpaired) electrons. The molecule has 0 unspecified atom stereocenters. The van der Waals surface area contributed by atoms with E-state index in [1.54, 1.807) is 35.9 Å². The van der Waals surface area contributed by atoms with E-state index in [0.29, 0.717) is 22.9 Å². The number of nitrogens with zero attached hydrogens (tertiary/aromatic N) is 2. The van der Waals surface area contributed by atoms with Crippen LogP contribution >= 0.6 is 11.6 Å². The van der Waals surface area contributed by atoms with Crippen molar-refractivity contribution in [1.82, 2.24) is 9.78 Å². The molecule has 1 aromatic heterocycles. The fourth-order valence-electron chi connectivity index (χ4n) is 1.67. The monoisotopic (exact) mass is 299 g/mol. The topological polar surface area (TPSA) is 64.0 Å². The van der Waals surface area contributed by atoms with Crippen LogP contribution in [-0.2, 0) is 16.6 Å². The molecule has 1 heterocycles. The van der Waals surface area contributed by atoms with Crippen molar-refractivity contribution in [2.45, 2.75) is 25.3 Å². The SMILES string of the molecule is CCn1cc(S(=O)(=O)Nc2ccccc2Cl)c(C)n1. The average Bonchev–Trinajstić information content (AvgIpc) is 2.74. The third kappa shape index (κ3) is 2.90. The first-order valence-electron chi connectivity index (χ1n) is 5.75. The van der Waals surface area contributed by atoms with Gasteiger partial charge in [0.2, 0.25) is 0 Å². The number of hydrogen-bond acceptors (Lipinski definition) is 3. The van der Waals surface area contributed by atoms with Crippen LogP contribution in [0.5, 0.6) is 0 Å². The minimum Gasteiger partial charge on any atom is -0.278 e. The van der Waals surface area contributed by atoms with Crippen LogP contribution in [0.4, 0.5) is 5.69 Å². The molecule has 19 heavy (non-hydrogen) atoms. The lowest BCUT2D eigenvalue weighted by molar-refractivity contribution is 0.600. The van der Waals surface area contributed by atoms with Gasteiger partial charge in [0.25, 0.3) is 10.0 Å². The lowest BCUT2D eigenvalue weighted by Gasteiger charge is -2.08. The molecule has 0 aliphatic heterocycles. The summed E-state index contributed by atoms with van der Waals surface area (Å²) in [6.45, 7) is 4.17. The molecular formula is C12H14ClN3O2S. The number of anilines is 1. The van der Waals surface area contributed by atoms with Gasteiger partial charge in [-0.3, -0.25) is 9.40 Å². The molecule has 0 amide bonds. The number of nitrogens with one attached hydrogen (secondary N) is 1. The number of halogens is 1. The summed E-state index contributed by atoms with van der Waals surface area (Å²) < 4.78 is 28.6. The Labute approximate surface area is 117 Å². The third-order valence-corrected chi connectivity index (χ3v) is 4.43. The van der Waals surface area contributed by atoms with E-state index in [-0.39, 0.29) is 4.90 Å². The summed E-state index contributed by atoms with van der Waals surface area (Å²) in [5.41, 5.74) is 0.814. The van der Waals surface area contributed by atoms with Crippen LogP contribution in [-0.4, -0.2) is 18.2 Å². The number of hydrogen-bond donors (Lipinski definition) is 1. The van der Waals surface area contributed by atoms with Crippen molar-refractivity contribution >= 4 is 27.3 Å². The molecule has 2 rings (SSSR count). The highest BCUT2D eigenvalue weighted by Crippen LogP contribution is 2.24. The summed E-state index contributed by atoms with van der Waals surface area (Å²) in [5.74, 6) is 0. The smallest absolute Gasteiger partial charge is 0.265 e. The van der Waals surface area contributed by atoms with Crippen molar-refractivity contribution in [2.75, 3.05) is 4.72 Å². The summed E-state index contributed by atoms with van der Waals surface area (Å²) >= 11 is 5.94. The molecule has 0 saturated heterocycles.